The minimum Gasteiger partial charge on any atom is -0.361 e. The summed E-state index contributed by atoms with van der Waals surface area (Å²) >= 11 is 12.3. The van der Waals surface area contributed by atoms with Crippen LogP contribution in [0, 0.1) is 10.1 Å². The molecule has 0 bridgehead atoms. The molecule has 2 N–H and O–H groups in total. The molecule has 2 aromatic heterocycles. The fraction of sp³-hybridized carbons (Fsp3) is 0.143. The van der Waals surface area contributed by atoms with Gasteiger partial charge in [-0.3, -0.25) is 10.1 Å². The molecule has 0 amide bonds. The molecule has 0 aliphatic rings. The summed E-state index contributed by atoms with van der Waals surface area (Å²) in [6.45, 7) is 0.140. The van der Waals surface area contributed by atoms with Crippen molar-refractivity contribution in [1.82, 2.24) is 9.71 Å². The fourth-order valence-electron chi connectivity index (χ4n) is 2.35. The van der Waals surface area contributed by atoms with E-state index in [1.54, 1.807) is 18.3 Å². The molecule has 0 radical (unpaired) electrons. The molecule has 3 rings (SSSR count). The maximum atomic E-state index is 12.2. The van der Waals surface area contributed by atoms with E-state index in [4.69, 9.17) is 23.2 Å². The van der Waals surface area contributed by atoms with E-state index in [0.29, 0.717) is 22.8 Å². The molecule has 132 valence electrons. The fourth-order valence-corrected chi connectivity index (χ4v) is 5.26. The van der Waals surface area contributed by atoms with Crippen molar-refractivity contribution in [2.45, 2.75) is 10.6 Å². The number of rotatable bonds is 6. The van der Waals surface area contributed by atoms with Crippen molar-refractivity contribution < 1.29 is 13.3 Å². The Morgan fingerprint density at radius 2 is 2.04 bits per heavy atom. The van der Waals surface area contributed by atoms with Crippen LogP contribution >= 0.6 is 34.5 Å². The Morgan fingerprint density at radius 3 is 2.72 bits per heavy atom. The third-order valence-electron chi connectivity index (χ3n) is 3.52. The highest BCUT2D eigenvalue weighted by Gasteiger charge is 2.25. The molecule has 25 heavy (non-hydrogen) atoms. The summed E-state index contributed by atoms with van der Waals surface area (Å²) in [5.74, 6) is 0. The first kappa shape index (κ1) is 18.2. The number of thiophene rings is 1. The number of H-pyrrole nitrogens is 1. The third kappa shape index (κ3) is 3.80. The number of nitrogens with zero attached hydrogens (tertiary/aromatic N) is 1. The normalized spacial score (nSPS) is 11.9. The summed E-state index contributed by atoms with van der Waals surface area (Å²) in [5, 5.41) is 12.3. The van der Waals surface area contributed by atoms with Gasteiger partial charge in [0.25, 0.3) is 5.69 Å². The van der Waals surface area contributed by atoms with Gasteiger partial charge < -0.3 is 4.98 Å². The van der Waals surface area contributed by atoms with Crippen LogP contribution in [0.1, 0.15) is 5.56 Å². The predicted octanol–water partition coefficient (Wildman–Crippen LogP) is 3.97. The van der Waals surface area contributed by atoms with Crippen molar-refractivity contribution >= 4 is 61.2 Å². The van der Waals surface area contributed by atoms with Gasteiger partial charge >= 0.3 is 0 Å². The zero-order valence-electron chi connectivity index (χ0n) is 12.5. The first-order valence-electron chi connectivity index (χ1n) is 6.97. The Bertz CT molecular complexity index is 1060. The van der Waals surface area contributed by atoms with Crippen molar-refractivity contribution in [3.63, 3.8) is 0 Å². The van der Waals surface area contributed by atoms with E-state index in [9.17, 15) is 18.5 Å². The summed E-state index contributed by atoms with van der Waals surface area (Å²) in [4.78, 5) is 13.1. The number of hydrogen-bond acceptors (Lipinski definition) is 5. The number of fused-ring (bicyclic) bond motifs is 1. The summed E-state index contributed by atoms with van der Waals surface area (Å²) in [7, 11) is -3.86. The second-order valence-electron chi connectivity index (χ2n) is 5.13. The molecule has 0 spiro atoms. The smallest absolute Gasteiger partial charge is 0.300 e. The molecular formula is C14H11Cl2N3O4S2. The Morgan fingerprint density at radius 1 is 1.28 bits per heavy atom. The number of aromatic nitrogens is 1. The zero-order valence-corrected chi connectivity index (χ0v) is 15.6. The van der Waals surface area contributed by atoms with Gasteiger partial charge in [0.2, 0.25) is 10.0 Å². The lowest BCUT2D eigenvalue weighted by Crippen LogP contribution is -2.25. The molecular weight excluding hydrogens is 409 g/mol. The number of halogens is 2. The molecule has 0 aliphatic carbocycles. The van der Waals surface area contributed by atoms with Gasteiger partial charge in [0, 0.05) is 34.7 Å². The first-order chi connectivity index (χ1) is 11.8. The van der Waals surface area contributed by atoms with E-state index in [2.05, 4.69) is 9.71 Å². The van der Waals surface area contributed by atoms with Gasteiger partial charge in [0.1, 0.15) is 4.21 Å². The van der Waals surface area contributed by atoms with Crippen molar-refractivity contribution in [3.05, 3.63) is 55.5 Å². The summed E-state index contributed by atoms with van der Waals surface area (Å²) in [5.41, 5.74) is 1.39. The Labute approximate surface area is 156 Å². The van der Waals surface area contributed by atoms with Gasteiger partial charge in [-0.05, 0) is 24.1 Å². The van der Waals surface area contributed by atoms with E-state index in [0.717, 1.165) is 22.5 Å². The topological polar surface area (TPSA) is 105 Å². The van der Waals surface area contributed by atoms with Gasteiger partial charge in [-0.25, -0.2) is 13.1 Å². The molecule has 11 heteroatoms. The van der Waals surface area contributed by atoms with E-state index in [1.165, 1.54) is 0 Å². The predicted molar refractivity (Wildman–Crippen MR) is 98.2 cm³/mol. The van der Waals surface area contributed by atoms with Crippen LogP contribution in [-0.4, -0.2) is 24.9 Å². The average Bonchev–Trinajstić information content (AvgIpc) is 3.11. The SMILES string of the molecule is O=[N+]([O-])c1cc(S(=O)(=O)NCCc2c[nH]c3cc(Cl)ccc23)sc1Cl. The average molecular weight is 420 g/mol. The standard InChI is InChI=1S/C14H11Cl2N3O4S2/c15-9-1-2-10-8(7-17-11(10)5-9)3-4-18-25(22,23)13-6-12(19(20)21)14(16)24-13/h1-2,5-7,17-18H,3-4H2. The molecule has 0 aliphatic heterocycles. The Hall–Kier alpha value is -1.65. The molecule has 0 fully saturated rings. The summed E-state index contributed by atoms with van der Waals surface area (Å²) in [6, 6.07) is 6.37. The molecule has 3 aromatic rings. The zero-order chi connectivity index (χ0) is 18.2. The Balaban J connectivity index is 1.72. The number of aromatic amines is 1. The van der Waals surface area contributed by atoms with Crippen LogP contribution in [-0.2, 0) is 16.4 Å². The largest absolute Gasteiger partial charge is 0.361 e. The van der Waals surface area contributed by atoms with Crippen LogP contribution in [0.25, 0.3) is 10.9 Å². The van der Waals surface area contributed by atoms with Gasteiger partial charge in [-0.2, -0.15) is 0 Å². The lowest BCUT2D eigenvalue weighted by Gasteiger charge is -2.04. The van der Waals surface area contributed by atoms with Gasteiger partial charge in [-0.1, -0.05) is 29.3 Å². The lowest BCUT2D eigenvalue weighted by molar-refractivity contribution is -0.384. The molecule has 2 heterocycles. The van der Waals surface area contributed by atoms with Crippen molar-refractivity contribution in [2.24, 2.45) is 0 Å². The number of sulfonamides is 1. The van der Waals surface area contributed by atoms with E-state index >= 15 is 0 Å². The molecule has 0 unspecified atom stereocenters. The first-order valence-corrected chi connectivity index (χ1v) is 10.0. The lowest BCUT2D eigenvalue weighted by atomic mass is 10.1. The maximum Gasteiger partial charge on any atom is 0.300 e. The second-order valence-corrected chi connectivity index (χ2v) is 9.22. The molecule has 1 aromatic carbocycles. The number of benzene rings is 1. The monoisotopic (exact) mass is 419 g/mol. The highest BCUT2D eigenvalue weighted by molar-refractivity contribution is 7.91. The van der Waals surface area contributed by atoms with Crippen LogP contribution in [0.3, 0.4) is 0 Å². The summed E-state index contributed by atoms with van der Waals surface area (Å²) < 4.78 is 26.6. The van der Waals surface area contributed by atoms with Crippen LogP contribution in [0.4, 0.5) is 5.69 Å². The number of nitro groups is 1. The van der Waals surface area contributed by atoms with Gasteiger partial charge in [-0.15, -0.1) is 11.3 Å². The maximum absolute atomic E-state index is 12.2. The number of hydrogen-bond donors (Lipinski definition) is 2. The second kappa shape index (κ2) is 6.93. The summed E-state index contributed by atoms with van der Waals surface area (Å²) in [6.07, 6.45) is 2.24. The molecule has 0 saturated carbocycles. The highest BCUT2D eigenvalue weighted by atomic mass is 35.5. The van der Waals surface area contributed by atoms with Gasteiger partial charge in [0.15, 0.2) is 4.34 Å². The number of nitrogens with one attached hydrogen (secondary N) is 2. The van der Waals surface area contributed by atoms with E-state index in [1.807, 2.05) is 6.07 Å². The van der Waals surface area contributed by atoms with Crippen LogP contribution < -0.4 is 4.72 Å². The molecule has 7 nitrogen and oxygen atoms in total. The highest BCUT2D eigenvalue weighted by Crippen LogP contribution is 2.36. The van der Waals surface area contributed by atoms with E-state index in [-0.39, 0.29) is 15.1 Å². The van der Waals surface area contributed by atoms with E-state index < -0.39 is 20.6 Å². The molecule has 0 atom stereocenters. The minimum atomic E-state index is -3.86. The van der Waals surface area contributed by atoms with Crippen LogP contribution in [0.15, 0.2) is 34.7 Å². The third-order valence-corrected chi connectivity index (χ3v) is 7.03. The van der Waals surface area contributed by atoms with Gasteiger partial charge in [0.05, 0.1) is 4.92 Å². The quantitative estimate of drug-likeness (QED) is 0.465. The van der Waals surface area contributed by atoms with Crippen LogP contribution in [0.2, 0.25) is 9.36 Å². The van der Waals surface area contributed by atoms with Crippen molar-refractivity contribution in [1.29, 1.82) is 0 Å². The Kier molecular flexibility index (Phi) is 5.03. The van der Waals surface area contributed by atoms with Crippen molar-refractivity contribution in [3.8, 4) is 0 Å². The van der Waals surface area contributed by atoms with Crippen LogP contribution in [0.5, 0.6) is 0 Å². The minimum absolute atomic E-state index is 0.140. The molecule has 0 saturated heterocycles. The van der Waals surface area contributed by atoms with Crippen molar-refractivity contribution in [2.75, 3.05) is 6.54 Å².